The van der Waals surface area contributed by atoms with Gasteiger partial charge in [-0.1, -0.05) is 32.4 Å². The fourth-order valence-corrected chi connectivity index (χ4v) is 8.91. The molecule has 0 bridgehead atoms. The molecule has 2 aromatic carbocycles. The van der Waals surface area contributed by atoms with Crippen LogP contribution in [0, 0.1) is 5.92 Å². The number of nitrogens with one attached hydrogen (secondary N) is 5. The highest BCUT2D eigenvalue weighted by Gasteiger charge is 2.30. The molecule has 0 spiro atoms. The van der Waals surface area contributed by atoms with Crippen molar-refractivity contribution in [3.63, 3.8) is 0 Å². The highest BCUT2D eigenvalue weighted by molar-refractivity contribution is 6.13. The lowest BCUT2D eigenvalue weighted by Gasteiger charge is -2.32. The number of unbranched alkanes of at least 4 members (excludes halogenated alkanes) is 2. The molecule has 78 heavy (non-hydrogen) atoms. The van der Waals surface area contributed by atoms with Crippen LogP contribution in [0.3, 0.4) is 0 Å². The van der Waals surface area contributed by atoms with Crippen LogP contribution in [-0.4, -0.2) is 143 Å². The van der Waals surface area contributed by atoms with Crippen LogP contribution in [0.5, 0.6) is 5.75 Å². The number of anilines is 4. The summed E-state index contributed by atoms with van der Waals surface area (Å²) in [7, 11) is 0. The van der Waals surface area contributed by atoms with E-state index in [0.29, 0.717) is 112 Å². The second kappa shape index (κ2) is 27.9. The van der Waals surface area contributed by atoms with E-state index in [1.54, 1.807) is 79.7 Å². The lowest BCUT2D eigenvalue weighted by molar-refractivity contribution is -0.137. The van der Waals surface area contributed by atoms with Crippen molar-refractivity contribution in [2.45, 2.75) is 90.0 Å². The van der Waals surface area contributed by atoms with Crippen molar-refractivity contribution >= 4 is 70.4 Å². The molecule has 7 rings (SSSR count). The Balaban J connectivity index is 0.862. The minimum Gasteiger partial charge on any atom is -0.489 e. The summed E-state index contributed by atoms with van der Waals surface area (Å²) in [5, 5.41) is 13.7. The SMILES string of the molecule is CC(C)C(NC(=O)CCCCCN1C(=O)C=CC1=O)C(=O)N[C@@H](CCCNC(N)=O)C(=O)Nc1ccc(COC(=O)N2CCC[C@@H](Oc3ccc(-c4cnc(N)c(C(=O)Nc5cnccc5N5CCOCC5)n4)cc3)C2)cc1. The van der Waals surface area contributed by atoms with Gasteiger partial charge in [-0.05, 0) is 92.5 Å². The number of ether oxygens (including phenoxy) is 3. The van der Waals surface area contributed by atoms with E-state index in [0.717, 1.165) is 10.6 Å². The Hall–Kier alpha value is -8.67. The normalized spacial score (nSPS) is 16.0. The maximum Gasteiger partial charge on any atom is 0.410 e. The van der Waals surface area contributed by atoms with Crippen molar-refractivity contribution in [1.29, 1.82) is 0 Å². The molecule has 0 aliphatic carbocycles. The van der Waals surface area contributed by atoms with E-state index < -0.39 is 41.9 Å². The lowest BCUT2D eigenvalue weighted by Crippen LogP contribution is -2.54. The highest BCUT2D eigenvalue weighted by atomic mass is 16.6. The fourth-order valence-electron chi connectivity index (χ4n) is 8.91. The summed E-state index contributed by atoms with van der Waals surface area (Å²) in [6, 6.07) is 12.9. The summed E-state index contributed by atoms with van der Waals surface area (Å²) in [5.41, 5.74) is 14.8. The second-order valence-corrected chi connectivity index (χ2v) is 19.3. The molecule has 414 valence electrons. The number of nitrogen functional groups attached to an aromatic ring is 1. The number of pyridine rings is 1. The molecule has 1 unspecified atom stereocenters. The van der Waals surface area contributed by atoms with Gasteiger partial charge < -0.3 is 62.1 Å². The third kappa shape index (κ3) is 16.4. The number of nitrogens with two attached hydrogens (primary N) is 2. The average molecular weight is 1070 g/mol. The number of likely N-dealkylation sites (tertiary alicyclic amines) is 1. The molecule has 0 saturated carbocycles. The molecule has 2 saturated heterocycles. The fraction of sp³-hybridized carbons (Fsp3) is 0.426. The molecule has 3 atom stereocenters. The van der Waals surface area contributed by atoms with E-state index in [1.165, 1.54) is 18.3 Å². The number of urea groups is 1. The van der Waals surface area contributed by atoms with E-state index in [1.807, 2.05) is 6.07 Å². The number of aromatic nitrogens is 3. The monoisotopic (exact) mass is 1070 g/mol. The maximum absolute atomic E-state index is 13.7. The van der Waals surface area contributed by atoms with E-state index in [2.05, 4.69) is 46.4 Å². The zero-order valence-corrected chi connectivity index (χ0v) is 43.7. The molecule has 2 aromatic heterocycles. The predicted octanol–water partition coefficient (Wildman–Crippen LogP) is 3.89. The van der Waals surface area contributed by atoms with Crippen LogP contribution in [0.2, 0.25) is 0 Å². The highest BCUT2D eigenvalue weighted by Crippen LogP contribution is 2.28. The summed E-state index contributed by atoms with van der Waals surface area (Å²) in [6.45, 7) is 7.18. The van der Waals surface area contributed by atoms with Crippen LogP contribution in [-0.2, 0) is 40.1 Å². The number of hydrogen-bond acceptors (Lipinski definition) is 16. The van der Waals surface area contributed by atoms with Crippen LogP contribution in [0.1, 0.15) is 81.3 Å². The lowest BCUT2D eigenvalue weighted by atomic mass is 10.0. The Morgan fingerprint density at radius 2 is 1.59 bits per heavy atom. The summed E-state index contributed by atoms with van der Waals surface area (Å²) < 4.78 is 17.4. The van der Waals surface area contributed by atoms with E-state index in [4.69, 9.17) is 25.7 Å². The van der Waals surface area contributed by atoms with Crippen LogP contribution in [0.4, 0.5) is 32.5 Å². The van der Waals surface area contributed by atoms with Gasteiger partial charge in [-0.25, -0.2) is 19.6 Å². The van der Waals surface area contributed by atoms with Gasteiger partial charge in [-0.3, -0.25) is 38.7 Å². The minimum atomic E-state index is -1.05. The summed E-state index contributed by atoms with van der Waals surface area (Å²) in [5.74, 6) is -2.49. The van der Waals surface area contributed by atoms with Gasteiger partial charge >= 0.3 is 12.1 Å². The smallest absolute Gasteiger partial charge is 0.410 e. The Morgan fingerprint density at radius 3 is 2.31 bits per heavy atom. The van der Waals surface area contributed by atoms with Crippen molar-refractivity contribution in [2.75, 3.05) is 73.7 Å². The molecular weight excluding hydrogens is 1010 g/mol. The molecule has 2 fully saturated rings. The predicted molar refractivity (Wildman–Crippen MR) is 287 cm³/mol. The summed E-state index contributed by atoms with van der Waals surface area (Å²) in [4.78, 5) is 120. The number of carbonyl (C=O) groups is 8. The molecule has 3 aliphatic heterocycles. The van der Waals surface area contributed by atoms with Gasteiger partial charge in [0.1, 0.15) is 30.5 Å². The van der Waals surface area contributed by atoms with Crippen molar-refractivity contribution in [3.8, 4) is 17.0 Å². The number of imide groups is 1. The van der Waals surface area contributed by atoms with Gasteiger partial charge in [-0.15, -0.1) is 0 Å². The van der Waals surface area contributed by atoms with Crippen molar-refractivity contribution < 1.29 is 52.6 Å². The van der Waals surface area contributed by atoms with E-state index >= 15 is 0 Å². The van der Waals surface area contributed by atoms with E-state index in [9.17, 15) is 38.4 Å². The van der Waals surface area contributed by atoms with Gasteiger partial charge in [0, 0.05) is 68.7 Å². The first kappa shape index (κ1) is 57.0. The largest absolute Gasteiger partial charge is 0.489 e. The summed E-state index contributed by atoms with van der Waals surface area (Å²) >= 11 is 0. The number of rotatable bonds is 24. The molecule has 24 heteroatoms. The van der Waals surface area contributed by atoms with Gasteiger partial charge in [0.05, 0.1) is 49.2 Å². The number of piperidine rings is 1. The third-order valence-corrected chi connectivity index (χ3v) is 13.1. The molecule has 9 N–H and O–H groups in total. The molecular formula is C54H67N13O11. The Morgan fingerprint density at radius 1 is 0.846 bits per heavy atom. The minimum absolute atomic E-state index is 0.0231. The van der Waals surface area contributed by atoms with Crippen molar-refractivity contribution in [3.05, 3.63) is 96.6 Å². The summed E-state index contributed by atoms with van der Waals surface area (Å²) in [6.07, 6.45) is 9.89. The molecule has 9 amide bonds. The van der Waals surface area contributed by atoms with E-state index in [-0.39, 0.29) is 73.8 Å². The second-order valence-electron chi connectivity index (χ2n) is 19.3. The average Bonchev–Trinajstić information content (AvgIpc) is 3.76. The molecule has 5 heterocycles. The third-order valence-electron chi connectivity index (χ3n) is 13.1. The van der Waals surface area contributed by atoms with Crippen LogP contribution < -0.4 is 47.7 Å². The van der Waals surface area contributed by atoms with Crippen LogP contribution >= 0.6 is 0 Å². The number of morpholine rings is 1. The Labute approximate surface area is 451 Å². The topological polar surface area (TPSA) is 325 Å². The molecule has 4 aromatic rings. The van der Waals surface area contributed by atoms with Gasteiger partial charge in [0.15, 0.2) is 11.5 Å². The number of hydrogen-bond donors (Lipinski definition) is 7. The van der Waals surface area contributed by atoms with Gasteiger partial charge in [0.25, 0.3) is 17.7 Å². The number of benzene rings is 2. The standard InChI is InChI=1S/C54H67N13O11/c1-34(2)47(64-44(68)10-4-3-5-25-67-45(69)19-20-46(67)70)51(72)62-40(9-6-22-58-53(56)74)50(71)60-37-15-11-35(12-16-37)33-77-54(75)66-24-7-8-39(32-66)78-38-17-13-36(14-18-38)41-31-59-49(55)48(61-41)52(73)63-42-30-57-23-21-43(42)65-26-28-76-29-27-65/h11-21,23,30-31,34,39-40,47H,3-10,22,24-29,32-33H2,1-2H3,(H2,55,59)(H,60,71)(H,62,72)(H,63,73)(H,64,68)(H3,56,58,74)/t39-,40+,47?/m1/s1. The molecule has 0 radical (unpaired) electrons. The number of carbonyl (C=O) groups excluding carboxylic acids is 8. The number of primary amides is 1. The first-order valence-corrected chi connectivity index (χ1v) is 26.1. The van der Waals surface area contributed by atoms with Crippen molar-refractivity contribution in [2.24, 2.45) is 11.7 Å². The number of nitrogens with zero attached hydrogens (tertiary/aromatic N) is 6. The molecule has 3 aliphatic rings. The molecule has 24 nitrogen and oxygen atoms in total. The Bertz CT molecular complexity index is 2790. The zero-order valence-electron chi connectivity index (χ0n) is 43.7. The van der Waals surface area contributed by atoms with Gasteiger partial charge in [0.2, 0.25) is 17.7 Å². The van der Waals surface area contributed by atoms with Crippen LogP contribution in [0.25, 0.3) is 11.3 Å². The van der Waals surface area contributed by atoms with Crippen LogP contribution in [0.15, 0.2) is 85.3 Å². The number of amides is 9. The Kier molecular flexibility index (Phi) is 20.4. The first-order chi connectivity index (χ1) is 37.6. The van der Waals surface area contributed by atoms with Crippen molar-refractivity contribution in [1.82, 2.24) is 40.7 Å². The zero-order chi connectivity index (χ0) is 55.6. The van der Waals surface area contributed by atoms with Gasteiger partial charge in [-0.2, -0.15) is 0 Å². The quantitative estimate of drug-likeness (QED) is 0.0387. The maximum atomic E-state index is 13.7. The first-order valence-electron chi connectivity index (χ1n) is 26.1.